The molecule has 1 unspecified atom stereocenters. The number of rotatable bonds is 9. The first-order chi connectivity index (χ1) is 10.7. The lowest BCUT2D eigenvalue weighted by Crippen LogP contribution is -2.14. The van der Waals surface area contributed by atoms with Crippen molar-refractivity contribution < 1.29 is 5.11 Å². The van der Waals surface area contributed by atoms with Gasteiger partial charge in [0.15, 0.2) is 0 Å². The summed E-state index contributed by atoms with van der Waals surface area (Å²) in [5.41, 5.74) is 6.24. The van der Waals surface area contributed by atoms with Gasteiger partial charge in [0.05, 0.1) is 0 Å². The summed E-state index contributed by atoms with van der Waals surface area (Å²) in [5.74, 6) is 1.30. The van der Waals surface area contributed by atoms with Crippen LogP contribution in [0.15, 0.2) is 12.1 Å². The maximum atomic E-state index is 9.13. The summed E-state index contributed by atoms with van der Waals surface area (Å²) >= 11 is 1.87. The molecule has 0 spiro atoms. The van der Waals surface area contributed by atoms with Crippen molar-refractivity contribution in [2.75, 3.05) is 6.61 Å². The van der Waals surface area contributed by atoms with Crippen LogP contribution in [-0.2, 0) is 6.42 Å². The molecule has 0 saturated heterocycles. The first-order valence-corrected chi connectivity index (χ1v) is 9.95. The highest BCUT2D eigenvalue weighted by atomic mass is 32.1. The number of aryl methyl sites for hydroxylation is 1. The topological polar surface area (TPSA) is 46.2 Å². The molecule has 1 aromatic rings. The van der Waals surface area contributed by atoms with E-state index in [1.54, 1.807) is 0 Å². The van der Waals surface area contributed by atoms with Gasteiger partial charge in [0.1, 0.15) is 0 Å². The van der Waals surface area contributed by atoms with Crippen molar-refractivity contribution in [1.82, 2.24) is 0 Å². The zero-order chi connectivity index (χ0) is 15.8. The van der Waals surface area contributed by atoms with Gasteiger partial charge in [-0.1, -0.05) is 51.9 Å². The molecule has 1 heterocycles. The molecule has 0 amide bonds. The molecule has 1 aliphatic rings. The van der Waals surface area contributed by atoms with Gasteiger partial charge in [0.25, 0.3) is 0 Å². The Morgan fingerprint density at radius 3 is 2.73 bits per heavy atom. The minimum atomic E-state index is 0.0862. The molecule has 126 valence electrons. The van der Waals surface area contributed by atoms with Gasteiger partial charge in [-0.2, -0.15) is 0 Å². The van der Waals surface area contributed by atoms with Crippen LogP contribution in [0.5, 0.6) is 0 Å². The van der Waals surface area contributed by atoms with E-state index in [1.165, 1.54) is 67.5 Å². The van der Waals surface area contributed by atoms with Gasteiger partial charge in [0.2, 0.25) is 0 Å². The second kappa shape index (κ2) is 9.69. The minimum absolute atomic E-state index is 0.0862. The van der Waals surface area contributed by atoms with E-state index >= 15 is 0 Å². The van der Waals surface area contributed by atoms with Crippen LogP contribution < -0.4 is 5.73 Å². The standard InChI is InChI=1S/C19H33NOS/c1-15(14-21)13-18(20)19-12-11-17(22-19)10-6-5-9-16-7-3-2-4-8-16/h11-12,15-16,18,21H,2-10,13-14,20H2,1H3/t15-,18?/m1/s1. The van der Waals surface area contributed by atoms with Gasteiger partial charge in [-0.3, -0.25) is 0 Å². The maximum Gasteiger partial charge on any atom is 0.0457 e. The smallest absolute Gasteiger partial charge is 0.0457 e. The third-order valence-electron chi connectivity index (χ3n) is 5.03. The monoisotopic (exact) mass is 323 g/mol. The normalized spacial score (nSPS) is 19.2. The number of thiophene rings is 1. The molecule has 1 aromatic heterocycles. The van der Waals surface area contributed by atoms with Crippen LogP contribution in [0.25, 0.3) is 0 Å². The molecule has 1 saturated carbocycles. The van der Waals surface area contributed by atoms with E-state index in [1.807, 2.05) is 11.3 Å². The Morgan fingerprint density at radius 1 is 1.23 bits per heavy atom. The molecule has 2 nitrogen and oxygen atoms in total. The van der Waals surface area contributed by atoms with E-state index in [0.29, 0.717) is 0 Å². The average molecular weight is 324 g/mol. The fraction of sp³-hybridized carbons (Fsp3) is 0.789. The molecule has 0 aromatic carbocycles. The first kappa shape index (κ1) is 18.0. The minimum Gasteiger partial charge on any atom is -0.396 e. The third-order valence-corrected chi connectivity index (χ3v) is 6.30. The highest BCUT2D eigenvalue weighted by Gasteiger charge is 2.14. The summed E-state index contributed by atoms with van der Waals surface area (Å²) in [4.78, 5) is 2.76. The lowest BCUT2D eigenvalue weighted by atomic mass is 9.85. The molecule has 22 heavy (non-hydrogen) atoms. The van der Waals surface area contributed by atoms with Gasteiger partial charge in [0, 0.05) is 22.4 Å². The molecular weight excluding hydrogens is 290 g/mol. The molecular formula is C19H33NOS. The predicted octanol–water partition coefficient (Wildman–Crippen LogP) is 5.06. The molecule has 1 fully saturated rings. The van der Waals surface area contributed by atoms with Crippen LogP contribution in [0, 0.1) is 11.8 Å². The first-order valence-electron chi connectivity index (χ1n) is 9.14. The Bertz CT molecular complexity index is 411. The number of hydrogen-bond donors (Lipinski definition) is 2. The summed E-state index contributed by atoms with van der Waals surface area (Å²) in [6.45, 7) is 2.28. The second-order valence-corrected chi connectivity index (χ2v) is 8.38. The predicted molar refractivity (Wildman–Crippen MR) is 96.2 cm³/mol. The Labute approximate surface area is 140 Å². The van der Waals surface area contributed by atoms with Crippen LogP contribution in [-0.4, -0.2) is 11.7 Å². The summed E-state index contributed by atoms with van der Waals surface area (Å²) in [6, 6.07) is 4.53. The summed E-state index contributed by atoms with van der Waals surface area (Å²) in [5, 5.41) is 9.13. The molecule has 3 N–H and O–H groups in total. The number of aliphatic hydroxyl groups is 1. The molecule has 0 aliphatic heterocycles. The van der Waals surface area contributed by atoms with E-state index < -0.39 is 0 Å². The molecule has 2 atom stereocenters. The summed E-state index contributed by atoms with van der Waals surface area (Å²) in [6.07, 6.45) is 13.5. The van der Waals surface area contributed by atoms with E-state index in [2.05, 4.69) is 19.1 Å². The molecule has 2 rings (SSSR count). The zero-order valence-corrected chi connectivity index (χ0v) is 14.9. The van der Waals surface area contributed by atoms with E-state index in [0.717, 1.165) is 12.3 Å². The lowest BCUT2D eigenvalue weighted by molar-refractivity contribution is 0.224. The number of nitrogens with two attached hydrogens (primary N) is 1. The third kappa shape index (κ3) is 6.02. The van der Waals surface area contributed by atoms with Crippen molar-refractivity contribution in [2.24, 2.45) is 17.6 Å². The number of hydrogen-bond acceptors (Lipinski definition) is 3. The Balaban J connectivity index is 1.66. The fourth-order valence-electron chi connectivity index (χ4n) is 3.56. The highest BCUT2D eigenvalue weighted by molar-refractivity contribution is 7.12. The molecule has 0 radical (unpaired) electrons. The van der Waals surface area contributed by atoms with Gasteiger partial charge in [-0.15, -0.1) is 11.3 Å². The second-order valence-electron chi connectivity index (χ2n) is 7.18. The molecule has 0 bridgehead atoms. The molecule has 3 heteroatoms. The largest absolute Gasteiger partial charge is 0.396 e. The van der Waals surface area contributed by atoms with Crippen LogP contribution >= 0.6 is 11.3 Å². The van der Waals surface area contributed by atoms with Crippen molar-refractivity contribution in [3.8, 4) is 0 Å². The van der Waals surface area contributed by atoms with Gasteiger partial charge in [-0.05, 0) is 43.2 Å². The van der Waals surface area contributed by atoms with E-state index in [-0.39, 0.29) is 18.6 Å². The van der Waals surface area contributed by atoms with Gasteiger partial charge < -0.3 is 10.8 Å². The van der Waals surface area contributed by atoms with Crippen LogP contribution in [0.2, 0.25) is 0 Å². The average Bonchev–Trinajstić information content (AvgIpc) is 3.01. The van der Waals surface area contributed by atoms with Crippen molar-refractivity contribution in [3.63, 3.8) is 0 Å². The van der Waals surface area contributed by atoms with E-state index in [4.69, 9.17) is 10.8 Å². The summed E-state index contributed by atoms with van der Waals surface area (Å²) < 4.78 is 0. The van der Waals surface area contributed by atoms with Gasteiger partial charge in [-0.25, -0.2) is 0 Å². The van der Waals surface area contributed by atoms with Crippen LogP contribution in [0.1, 0.15) is 80.5 Å². The van der Waals surface area contributed by atoms with Gasteiger partial charge >= 0.3 is 0 Å². The maximum absolute atomic E-state index is 9.13. The van der Waals surface area contributed by atoms with Crippen LogP contribution in [0.3, 0.4) is 0 Å². The molecule has 1 aliphatic carbocycles. The Hall–Kier alpha value is -0.380. The highest BCUT2D eigenvalue weighted by Crippen LogP contribution is 2.29. The fourth-order valence-corrected chi connectivity index (χ4v) is 4.63. The van der Waals surface area contributed by atoms with Crippen molar-refractivity contribution in [1.29, 1.82) is 0 Å². The van der Waals surface area contributed by atoms with Crippen molar-refractivity contribution in [3.05, 3.63) is 21.9 Å². The number of unbranched alkanes of at least 4 members (excludes halogenated alkanes) is 1. The quantitative estimate of drug-likeness (QED) is 0.624. The Morgan fingerprint density at radius 2 is 2.00 bits per heavy atom. The Kier molecular flexibility index (Phi) is 7.91. The van der Waals surface area contributed by atoms with Crippen LogP contribution in [0.4, 0.5) is 0 Å². The van der Waals surface area contributed by atoms with Crippen molar-refractivity contribution >= 4 is 11.3 Å². The van der Waals surface area contributed by atoms with E-state index in [9.17, 15) is 0 Å². The van der Waals surface area contributed by atoms with Crippen molar-refractivity contribution in [2.45, 2.75) is 77.2 Å². The zero-order valence-electron chi connectivity index (χ0n) is 14.1. The summed E-state index contributed by atoms with van der Waals surface area (Å²) in [7, 11) is 0. The number of aliphatic hydroxyl groups excluding tert-OH is 1. The lowest BCUT2D eigenvalue weighted by Gasteiger charge is -2.21. The SMILES string of the molecule is C[C@@H](CO)CC(N)c1ccc(CCCCC2CCCCC2)s1.